The summed E-state index contributed by atoms with van der Waals surface area (Å²) in [6, 6.07) is 16.6. The number of halogens is 1. The molecule has 0 saturated carbocycles. The molecule has 2 heterocycles. The fourth-order valence-electron chi connectivity index (χ4n) is 4.37. The molecule has 0 aliphatic carbocycles. The van der Waals surface area contributed by atoms with Gasteiger partial charge in [0.1, 0.15) is 0 Å². The van der Waals surface area contributed by atoms with E-state index in [1.54, 1.807) is 24.5 Å². The SMILES string of the molecule is CC(=O)[O-].C[O-].Cc1cc(C=NC2(C)CNCCNC2)c([O-])c(CN(Cc2ccccn2)Cc2ccccc2[O-])c1.[Fe+4].[O-][Cl+3]([O-])([O-])[O-].[Zn+2]. The van der Waals surface area contributed by atoms with Crippen LogP contribution >= 0.6 is 0 Å². The number of rotatable bonds is 8. The van der Waals surface area contributed by atoms with Crippen LogP contribution in [0.25, 0.3) is 0 Å². The van der Waals surface area contributed by atoms with E-state index in [-0.39, 0.29) is 53.6 Å². The van der Waals surface area contributed by atoms with Gasteiger partial charge in [0.2, 0.25) is 0 Å². The molecule has 1 aliphatic heterocycles. The zero-order valence-corrected chi connectivity index (χ0v) is 32.1. The number of carboxylic acids is 1. The maximum absolute atomic E-state index is 13.4. The Morgan fingerprint density at radius 2 is 1.48 bits per heavy atom. The van der Waals surface area contributed by atoms with Crippen molar-refractivity contribution in [1.29, 1.82) is 0 Å². The van der Waals surface area contributed by atoms with Gasteiger partial charge in [0.15, 0.2) is 0 Å². The first-order valence-electron chi connectivity index (χ1n) is 14.0. The maximum Gasteiger partial charge on any atom is 4.00 e. The van der Waals surface area contributed by atoms with Crippen molar-refractivity contribution in [2.45, 2.75) is 45.9 Å². The smallest absolute Gasteiger partial charge is 0.872 e. The topological polar surface area (TPSA) is 254 Å². The number of aliphatic carboxylic acids is 1. The van der Waals surface area contributed by atoms with Crippen molar-refractivity contribution in [3.8, 4) is 11.5 Å². The number of benzene rings is 2. The van der Waals surface area contributed by atoms with Gasteiger partial charge in [0, 0.05) is 64.2 Å². The van der Waals surface area contributed by atoms with Crippen molar-refractivity contribution in [2.24, 2.45) is 4.99 Å². The van der Waals surface area contributed by atoms with Crippen LogP contribution in [0, 0.1) is 17.2 Å². The number of pyridine rings is 1. The van der Waals surface area contributed by atoms with E-state index in [9.17, 15) is 10.2 Å². The molecule has 48 heavy (non-hydrogen) atoms. The van der Waals surface area contributed by atoms with E-state index in [0.29, 0.717) is 36.3 Å². The average Bonchev–Trinajstić information content (AvgIpc) is 3.20. The summed E-state index contributed by atoms with van der Waals surface area (Å²) < 4.78 is 34.0. The molecule has 17 heteroatoms. The number of para-hydroxylation sites is 1. The molecule has 0 spiro atoms. The van der Waals surface area contributed by atoms with Gasteiger partial charge in [-0.3, -0.25) is 14.9 Å². The Balaban J connectivity index is 0. The van der Waals surface area contributed by atoms with Crippen molar-refractivity contribution < 1.29 is 90.6 Å². The largest absolute Gasteiger partial charge is 4.00 e. The van der Waals surface area contributed by atoms with E-state index in [2.05, 4.69) is 27.4 Å². The fraction of sp³-hybridized carbons (Fsp3) is 0.387. The Hall–Kier alpha value is -2.56. The van der Waals surface area contributed by atoms with Gasteiger partial charge in [0.05, 0.1) is 11.2 Å². The number of aryl methyl sites for hydroxylation is 1. The van der Waals surface area contributed by atoms with Crippen LogP contribution in [0.15, 0.2) is 65.8 Å². The van der Waals surface area contributed by atoms with Crippen LogP contribution in [0.1, 0.15) is 41.8 Å². The van der Waals surface area contributed by atoms with Crippen molar-refractivity contribution >= 4 is 12.2 Å². The first-order valence-corrected chi connectivity index (χ1v) is 15.2. The molecule has 258 valence electrons. The second-order valence-corrected chi connectivity index (χ2v) is 11.2. The van der Waals surface area contributed by atoms with Gasteiger partial charge in [-0.2, -0.15) is 7.11 Å². The van der Waals surface area contributed by atoms with Crippen LogP contribution < -0.4 is 49.7 Å². The molecular formula is C31H39ClFeN5O9Zn+. The van der Waals surface area contributed by atoms with Gasteiger partial charge in [-0.15, -0.1) is 16.0 Å². The predicted molar refractivity (Wildman–Crippen MR) is 152 cm³/mol. The number of aromatic nitrogens is 1. The minimum absolute atomic E-state index is 0. The first kappa shape index (κ1) is 47.6. The predicted octanol–water partition coefficient (Wildman–Crippen LogP) is -4.92. The number of nitrogens with zero attached hydrogens (tertiary/aromatic N) is 3. The molecule has 1 fully saturated rings. The summed E-state index contributed by atoms with van der Waals surface area (Å²) in [5.41, 5.74) is 3.56. The third-order valence-electron chi connectivity index (χ3n) is 6.22. The summed E-state index contributed by atoms with van der Waals surface area (Å²) in [5, 5.41) is 49.8. The van der Waals surface area contributed by atoms with Crippen LogP contribution in [0.3, 0.4) is 0 Å². The molecule has 0 bridgehead atoms. The third-order valence-corrected chi connectivity index (χ3v) is 6.22. The Kier molecular flexibility index (Phi) is 24.3. The molecule has 0 unspecified atom stereocenters. The average molecular weight is 782 g/mol. The number of carboxylic acid groups (broad SMARTS) is 1. The Labute approximate surface area is 306 Å². The second kappa shape index (κ2) is 24.6. The van der Waals surface area contributed by atoms with Crippen molar-refractivity contribution in [3.05, 3.63) is 88.7 Å². The van der Waals surface area contributed by atoms with Gasteiger partial charge in [0.25, 0.3) is 0 Å². The van der Waals surface area contributed by atoms with Crippen molar-refractivity contribution in [3.63, 3.8) is 0 Å². The Morgan fingerprint density at radius 3 is 2.00 bits per heavy atom. The number of nitrogens with one attached hydrogen (secondary N) is 2. The molecule has 4 rings (SSSR count). The number of carbonyl (C=O) groups is 1. The Bertz CT molecular complexity index is 1350. The zero-order chi connectivity index (χ0) is 34.8. The maximum atomic E-state index is 13.4. The molecule has 1 aromatic heterocycles. The Morgan fingerprint density at radius 1 is 0.958 bits per heavy atom. The quantitative estimate of drug-likeness (QED) is 0.161. The molecule has 0 amide bonds. The molecule has 0 radical (unpaired) electrons. The van der Waals surface area contributed by atoms with Gasteiger partial charge >= 0.3 is 36.5 Å². The summed E-state index contributed by atoms with van der Waals surface area (Å²) in [4.78, 5) is 20.2. The fourth-order valence-corrected chi connectivity index (χ4v) is 4.37. The number of aliphatic imine (C=N–C) groups is 1. The summed E-state index contributed by atoms with van der Waals surface area (Å²) in [5.74, 6) is -1.12. The molecular weight excluding hydrogens is 743 g/mol. The molecule has 3 aromatic rings. The van der Waals surface area contributed by atoms with Gasteiger partial charge in [-0.25, -0.2) is 18.6 Å². The van der Waals surface area contributed by atoms with Crippen LogP contribution in [0.5, 0.6) is 11.5 Å². The molecule has 2 aromatic carbocycles. The van der Waals surface area contributed by atoms with Gasteiger partial charge in [-0.1, -0.05) is 53.8 Å². The van der Waals surface area contributed by atoms with E-state index < -0.39 is 16.2 Å². The van der Waals surface area contributed by atoms with Crippen LogP contribution in [0.4, 0.5) is 0 Å². The van der Waals surface area contributed by atoms with E-state index in [4.69, 9.17) is 38.6 Å². The second-order valence-electron chi connectivity index (χ2n) is 10.4. The zero-order valence-electron chi connectivity index (χ0n) is 27.3. The molecule has 1 saturated heterocycles. The van der Waals surface area contributed by atoms with E-state index >= 15 is 0 Å². The number of hydrogen-bond donors (Lipinski definition) is 2. The molecule has 2 N–H and O–H groups in total. The molecule has 1 aliphatic rings. The van der Waals surface area contributed by atoms with Crippen molar-refractivity contribution in [2.75, 3.05) is 33.3 Å². The van der Waals surface area contributed by atoms with Crippen LogP contribution in [-0.4, -0.2) is 60.9 Å². The van der Waals surface area contributed by atoms with Crippen molar-refractivity contribution in [1.82, 2.24) is 20.5 Å². The minimum atomic E-state index is -4.94. The van der Waals surface area contributed by atoms with Crippen LogP contribution in [0.2, 0.25) is 0 Å². The summed E-state index contributed by atoms with van der Waals surface area (Å²) in [7, 11) is -4.19. The summed E-state index contributed by atoms with van der Waals surface area (Å²) in [6.07, 6.45) is 3.48. The number of carbonyl (C=O) groups excluding carboxylic acids is 1. The minimum Gasteiger partial charge on any atom is -0.872 e. The monoisotopic (exact) mass is 780 g/mol. The van der Waals surface area contributed by atoms with E-state index in [1.165, 1.54) is 0 Å². The van der Waals surface area contributed by atoms with Gasteiger partial charge < -0.3 is 35.9 Å². The molecule has 0 atom stereocenters. The van der Waals surface area contributed by atoms with E-state index in [0.717, 1.165) is 51.5 Å². The number of hydrogen-bond acceptors (Lipinski definition) is 14. The molecule has 14 nitrogen and oxygen atoms in total. The van der Waals surface area contributed by atoms with Gasteiger partial charge in [-0.05, 0) is 49.6 Å². The normalized spacial score (nSPS) is 13.5. The summed E-state index contributed by atoms with van der Waals surface area (Å²) in [6.45, 7) is 9.76. The third kappa shape index (κ3) is 20.7. The van der Waals surface area contributed by atoms with Crippen LogP contribution in [-0.2, 0) is 61.0 Å². The summed E-state index contributed by atoms with van der Waals surface area (Å²) >= 11 is 0. The van der Waals surface area contributed by atoms with E-state index in [1.807, 2.05) is 49.4 Å². The first-order chi connectivity index (χ1) is 21.6. The standard InChI is InChI=1S/C28H35N5O2.C2H4O2.CH3O.ClHO4.Fe.Zn/c1-21-13-23(15-32-28(2)19-29-11-12-30-20-28)27(35)24(14-21)17-33(18-25-8-5-6-10-31-25)16-22-7-3-4-9-26(22)34;1-2(3)4;1-2;2-1(3,4)5;;/h3-10,13-15,29-30,34-35H,11-12,16-20H2,1-2H3;1H3,(H,3,4);1H3;(H,2,3,4,5);;/q;;-1;;+4;+2/p-4.